The van der Waals surface area contributed by atoms with Gasteiger partial charge in [-0.3, -0.25) is 14.4 Å². The smallest absolute Gasteiger partial charge is 0.272 e. The first kappa shape index (κ1) is 28.6. The maximum Gasteiger partial charge on any atom is 0.272 e. The Hall–Kier alpha value is -4.40. The molecule has 0 bridgehead atoms. The molecule has 2 amide bonds. The van der Waals surface area contributed by atoms with Gasteiger partial charge in [0.1, 0.15) is 17.3 Å². The molecule has 0 atom stereocenters. The SMILES string of the molecule is COc1ccccc1C(=O)CSc1cccc(NC(=O)/C(=C/c2c(F)cccc2Cl)NC(=O)c2ccccc2)c1. The number of thioether (sulfide) groups is 1. The van der Waals surface area contributed by atoms with Crippen LogP contribution in [0.15, 0.2) is 108 Å². The number of ketones is 1. The fourth-order valence-corrected chi connectivity index (χ4v) is 4.75. The summed E-state index contributed by atoms with van der Waals surface area (Å²) in [5.74, 6) is -1.33. The fourth-order valence-electron chi connectivity index (χ4n) is 3.70. The Kier molecular flexibility index (Phi) is 9.72. The fraction of sp³-hybridized carbons (Fsp3) is 0.0645. The molecule has 0 radical (unpaired) electrons. The van der Waals surface area contributed by atoms with Crippen LogP contribution in [-0.2, 0) is 4.79 Å². The predicted octanol–water partition coefficient (Wildman–Crippen LogP) is 6.87. The van der Waals surface area contributed by atoms with E-state index >= 15 is 0 Å². The number of carbonyl (C=O) groups excluding carboxylic acids is 3. The summed E-state index contributed by atoms with van der Waals surface area (Å²) in [6.07, 6.45) is 1.19. The summed E-state index contributed by atoms with van der Waals surface area (Å²) in [6.45, 7) is 0. The van der Waals surface area contributed by atoms with Crippen LogP contribution in [0.3, 0.4) is 0 Å². The van der Waals surface area contributed by atoms with Crippen molar-refractivity contribution in [2.75, 3.05) is 18.2 Å². The van der Waals surface area contributed by atoms with Crippen molar-refractivity contribution in [1.29, 1.82) is 0 Å². The minimum atomic E-state index is -0.684. The highest BCUT2D eigenvalue weighted by atomic mass is 35.5. The molecule has 0 heterocycles. The van der Waals surface area contributed by atoms with Gasteiger partial charge in [-0.25, -0.2) is 4.39 Å². The number of benzene rings is 4. The number of amides is 2. The van der Waals surface area contributed by atoms with Gasteiger partial charge >= 0.3 is 0 Å². The van der Waals surface area contributed by atoms with Gasteiger partial charge in [0.25, 0.3) is 11.8 Å². The van der Waals surface area contributed by atoms with Crippen molar-refractivity contribution in [3.63, 3.8) is 0 Å². The van der Waals surface area contributed by atoms with Crippen molar-refractivity contribution >= 4 is 52.7 Å². The van der Waals surface area contributed by atoms with E-state index in [0.29, 0.717) is 22.6 Å². The van der Waals surface area contributed by atoms with Gasteiger partial charge in [-0.1, -0.05) is 54.1 Å². The van der Waals surface area contributed by atoms with E-state index in [1.807, 2.05) is 6.07 Å². The van der Waals surface area contributed by atoms with Gasteiger partial charge in [0.15, 0.2) is 5.78 Å². The summed E-state index contributed by atoms with van der Waals surface area (Å²) in [5.41, 5.74) is 0.975. The number of hydrogen-bond donors (Lipinski definition) is 2. The molecule has 0 aliphatic rings. The molecule has 0 saturated heterocycles. The average molecular weight is 575 g/mol. The third-order valence-electron chi connectivity index (χ3n) is 5.69. The molecule has 0 unspecified atom stereocenters. The molecule has 6 nitrogen and oxygen atoms in total. The van der Waals surface area contributed by atoms with E-state index in [-0.39, 0.29) is 27.8 Å². The monoisotopic (exact) mass is 574 g/mol. The summed E-state index contributed by atoms with van der Waals surface area (Å²) in [7, 11) is 1.51. The molecule has 202 valence electrons. The van der Waals surface area contributed by atoms with Crippen LogP contribution in [0.5, 0.6) is 5.75 Å². The molecule has 0 aliphatic heterocycles. The number of carbonyl (C=O) groups is 3. The van der Waals surface area contributed by atoms with Crippen LogP contribution in [0.1, 0.15) is 26.3 Å². The number of ether oxygens (including phenoxy) is 1. The van der Waals surface area contributed by atoms with Crippen molar-refractivity contribution in [1.82, 2.24) is 5.32 Å². The normalized spacial score (nSPS) is 11.0. The Morgan fingerprint density at radius 3 is 2.40 bits per heavy atom. The molecule has 40 heavy (non-hydrogen) atoms. The molecule has 4 aromatic carbocycles. The second-order valence-corrected chi connectivity index (χ2v) is 9.86. The lowest BCUT2D eigenvalue weighted by Crippen LogP contribution is -2.30. The molecule has 9 heteroatoms. The van der Waals surface area contributed by atoms with E-state index in [2.05, 4.69) is 10.6 Å². The second-order valence-electron chi connectivity index (χ2n) is 8.41. The number of anilines is 1. The van der Waals surface area contributed by atoms with Gasteiger partial charge in [0.05, 0.1) is 23.4 Å². The molecule has 0 spiro atoms. The molecule has 2 N–H and O–H groups in total. The van der Waals surface area contributed by atoms with Crippen LogP contribution in [0.2, 0.25) is 5.02 Å². The molecule has 4 rings (SSSR count). The third-order valence-corrected chi connectivity index (χ3v) is 7.01. The van der Waals surface area contributed by atoms with E-state index in [1.54, 1.807) is 72.8 Å². The Labute approximate surface area is 240 Å². The predicted molar refractivity (Wildman–Crippen MR) is 156 cm³/mol. The maximum atomic E-state index is 14.5. The lowest BCUT2D eigenvalue weighted by atomic mass is 10.1. The van der Waals surface area contributed by atoms with Crippen LogP contribution >= 0.6 is 23.4 Å². The summed E-state index contributed by atoms with van der Waals surface area (Å²) in [4.78, 5) is 39.6. The number of Topliss-reactive ketones (excluding diaryl/α,β-unsaturated/α-hetero) is 1. The first-order valence-electron chi connectivity index (χ1n) is 12.1. The van der Waals surface area contributed by atoms with Gasteiger partial charge in [-0.15, -0.1) is 11.8 Å². The van der Waals surface area contributed by atoms with Crippen molar-refractivity contribution in [3.8, 4) is 5.75 Å². The molecule has 4 aromatic rings. The average Bonchev–Trinajstić information content (AvgIpc) is 2.97. The van der Waals surface area contributed by atoms with Crippen LogP contribution in [0, 0.1) is 5.82 Å². The quantitative estimate of drug-likeness (QED) is 0.123. The Bertz CT molecular complexity index is 1560. The zero-order chi connectivity index (χ0) is 28.5. The molecular weight excluding hydrogens is 551 g/mol. The number of para-hydroxylation sites is 1. The molecular formula is C31H24ClFN2O4S. The van der Waals surface area contributed by atoms with Gasteiger partial charge in [-0.05, 0) is 60.7 Å². The van der Waals surface area contributed by atoms with Crippen LogP contribution in [0.25, 0.3) is 6.08 Å². The number of rotatable bonds is 10. The number of methoxy groups -OCH3 is 1. The third kappa shape index (κ3) is 7.37. The maximum absolute atomic E-state index is 14.5. The molecule has 0 fully saturated rings. The molecule has 0 saturated carbocycles. The number of hydrogen-bond acceptors (Lipinski definition) is 5. The largest absolute Gasteiger partial charge is 0.496 e. The van der Waals surface area contributed by atoms with Crippen LogP contribution in [-0.4, -0.2) is 30.5 Å². The highest BCUT2D eigenvalue weighted by Crippen LogP contribution is 2.26. The van der Waals surface area contributed by atoms with Crippen molar-refractivity contribution < 1.29 is 23.5 Å². The number of nitrogens with one attached hydrogen (secondary N) is 2. The Morgan fingerprint density at radius 2 is 1.65 bits per heavy atom. The van der Waals surface area contributed by atoms with E-state index in [1.165, 1.54) is 43.1 Å². The van der Waals surface area contributed by atoms with E-state index < -0.39 is 17.6 Å². The summed E-state index contributed by atoms with van der Waals surface area (Å²) >= 11 is 7.47. The number of halogens is 2. The van der Waals surface area contributed by atoms with Gasteiger partial charge in [-0.2, -0.15) is 0 Å². The summed E-state index contributed by atoms with van der Waals surface area (Å²) in [6, 6.07) is 26.3. The van der Waals surface area contributed by atoms with Crippen molar-refractivity contribution in [2.45, 2.75) is 4.90 Å². The van der Waals surface area contributed by atoms with E-state index in [4.69, 9.17) is 16.3 Å². The highest BCUT2D eigenvalue weighted by Gasteiger charge is 2.18. The lowest BCUT2D eigenvalue weighted by Gasteiger charge is -2.13. The minimum absolute atomic E-state index is 0.0400. The molecule has 0 aromatic heterocycles. The zero-order valence-electron chi connectivity index (χ0n) is 21.3. The summed E-state index contributed by atoms with van der Waals surface area (Å²) < 4.78 is 19.8. The Morgan fingerprint density at radius 1 is 0.925 bits per heavy atom. The first-order chi connectivity index (χ1) is 19.4. The zero-order valence-corrected chi connectivity index (χ0v) is 22.9. The topological polar surface area (TPSA) is 84.5 Å². The highest BCUT2D eigenvalue weighted by molar-refractivity contribution is 8.00. The summed E-state index contributed by atoms with van der Waals surface area (Å²) in [5, 5.41) is 5.37. The Balaban J connectivity index is 1.53. The lowest BCUT2D eigenvalue weighted by molar-refractivity contribution is -0.113. The van der Waals surface area contributed by atoms with E-state index in [9.17, 15) is 18.8 Å². The minimum Gasteiger partial charge on any atom is -0.496 e. The van der Waals surface area contributed by atoms with Crippen molar-refractivity contribution in [2.24, 2.45) is 0 Å². The van der Waals surface area contributed by atoms with E-state index in [0.717, 1.165) is 4.90 Å². The molecule has 0 aliphatic carbocycles. The second kappa shape index (κ2) is 13.6. The van der Waals surface area contributed by atoms with Gasteiger partial charge < -0.3 is 15.4 Å². The van der Waals surface area contributed by atoms with Gasteiger partial charge in [0.2, 0.25) is 0 Å². The van der Waals surface area contributed by atoms with Gasteiger partial charge in [0, 0.05) is 21.7 Å². The standard InChI is InChI=1S/C31H24ClFN2O4S/c1-39-29-16-6-5-13-23(29)28(36)19-40-22-12-7-11-21(17-22)34-31(38)27(18-24-25(32)14-8-15-26(24)33)35-30(37)20-9-3-2-4-10-20/h2-18H,19H2,1H3,(H,34,38)(H,35,37)/b27-18-. The first-order valence-corrected chi connectivity index (χ1v) is 13.4. The van der Waals surface area contributed by atoms with Crippen LogP contribution in [0.4, 0.5) is 10.1 Å². The van der Waals surface area contributed by atoms with Crippen LogP contribution < -0.4 is 15.4 Å². The van der Waals surface area contributed by atoms with Crippen molar-refractivity contribution in [3.05, 3.63) is 130 Å².